The third-order valence-corrected chi connectivity index (χ3v) is 6.11. The van der Waals surface area contributed by atoms with Gasteiger partial charge in [-0.05, 0) is 66.6 Å². The summed E-state index contributed by atoms with van der Waals surface area (Å²) in [4.78, 5) is 14.4. The minimum atomic E-state index is -4.27. The summed E-state index contributed by atoms with van der Waals surface area (Å²) in [5.74, 6) is -1.49. The van der Waals surface area contributed by atoms with Crippen molar-refractivity contribution in [1.82, 2.24) is 4.90 Å². The summed E-state index contributed by atoms with van der Waals surface area (Å²) in [7, 11) is -4.27. The van der Waals surface area contributed by atoms with Crippen LogP contribution in [0.2, 0.25) is 5.02 Å². The number of carbonyl (C=O) groups excluding carboxylic acids is 1. The minimum absolute atomic E-state index is 0.0236. The van der Waals surface area contributed by atoms with Crippen molar-refractivity contribution >= 4 is 27.6 Å². The van der Waals surface area contributed by atoms with E-state index in [1.54, 1.807) is 0 Å². The lowest BCUT2D eigenvalue weighted by molar-refractivity contribution is 0.0721. The van der Waals surface area contributed by atoms with Crippen molar-refractivity contribution in [2.75, 3.05) is 6.54 Å². The van der Waals surface area contributed by atoms with Gasteiger partial charge in [0.15, 0.2) is 0 Å². The zero-order valence-electron chi connectivity index (χ0n) is 18.0. The Kier molecular flexibility index (Phi) is 7.71. The average molecular weight is 494 g/mol. The maximum absolute atomic E-state index is 13.7. The molecule has 9 heteroatoms. The number of amides is 1. The fourth-order valence-corrected chi connectivity index (χ4v) is 4.35. The molecule has 5 nitrogen and oxygen atoms in total. The van der Waals surface area contributed by atoms with Crippen LogP contribution >= 0.6 is 11.6 Å². The number of halogens is 3. The topological polar surface area (TPSA) is 63.7 Å². The molecule has 0 saturated heterocycles. The van der Waals surface area contributed by atoms with Gasteiger partial charge >= 0.3 is 10.1 Å². The predicted octanol–water partition coefficient (Wildman–Crippen LogP) is 5.68. The quantitative estimate of drug-likeness (QED) is 0.378. The highest BCUT2D eigenvalue weighted by atomic mass is 35.5. The molecule has 0 aliphatic rings. The Labute approximate surface area is 196 Å². The maximum atomic E-state index is 13.7. The Bertz CT molecular complexity index is 1250. The molecule has 0 aromatic heterocycles. The molecule has 33 heavy (non-hydrogen) atoms. The van der Waals surface area contributed by atoms with E-state index in [2.05, 4.69) is 0 Å². The standard InChI is InChI=1S/C24H22ClF2NO4S/c1-16(2)14-28(24(29)17-4-3-5-21(27)13-17)15-18-12-19(25)6-11-23(18)32-33(30,31)22-9-7-20(26)8-10-22/h3-13,16H,14-15H2,1-2H3. The SMILES string of the molecule is CC(C)CN(Cc1cc(Cl)ccc1OS(=O)(=O)c1ccc(F)cc1)C(=O)c1cccc(F)c1. The fraction of sp³-hybridized carbons (Fsp3) is 0.208. The largest absolute Gasteiger partial charge is 0.379 e. The Balaban J connectivity index is 1.94. The van der Waals surface area contributed by atoms with Crippen molar-refractivity contribution in [2.24, 2.45) is 5.92 Å². The van der Waals surface area contributed by atoms with Crippen molar-refractivity contribution in [2.45, 2.75) is 25.3 Å². The van der Waals surface area contributed by atoms with Crippen LogP contribution in [0.3, 0.4) is 0 Å². The van der Waals surface area contributed by atoms with Gasteiger partial charge in [-0.2, -0.15) is 8.42 Å². The van der Waals surface area contributed by atoms with Crippen LogP contribution in [0.5, 0.6) is 5.75 Å². The van der Waals surface area contributed by atoms with Gasteiger partial charge in [0, 0.05) is 29.2 Å². The van der Waals surface area contributed by atoms with Gasteiger partial charge < -0.3 is 9.08 Å². The van der Waals surface area contributed by atoms with E-state index in [9.17, 15) is 22.0 Å². The molecule has 3 aromatic carbocycles. The van der Waals surface area contributed by atoms with Crippen LogP contribution in [0.1, 0.15) is 29.8 Å². The molecule has 0 unspecified atom stereocenters. The van der Waals surface area contributed by atoms with Crippen LogP contribution in [0, 0.1) is 17.6 Å². The third-order valence-electron chi connectivity index (χ3n) is 4.63. The van der Waals surface area contributed by atoms with Gasteiger partial charge in [-0.3, -0.25) is 4.79 Å². The summed E-state index contributed by atoms with van der Waals surface area (Å²) in [5.41, 5.74) is 0.512. The molecule has 0 aliphatic heterocycles. The zero-order chi connectivity index (χ0) is 24.2. The summed E-state index contributed by atoms with van der Waals surface area (Å²) >= 11 is 6.13. The highest BCUT2D eigenvalue weighted by Crippen LogP contribution is 2.28. The van der Waals surface area contributed by atoms with E-state index in [1.165, 1.54) is 41.3 Å². The van der Waals surface area contributed by atoms with E-state index in [-0.39, 0.29) is 28.7 Å². The molecule has 3 aromatic rings. The lowest BCUT2D eigenvalue weighted by atomic mass is 10.1. The van der Waals surface area contributed by atoms with Crippen molar-refractivity contribution in [3.8, 4) is 5.75 Å². The molecule has 3 rings (SSSR count). The number of rotatable bonds is 8. The summed E-state index contributed by atoms with van der Waals surface area (Å²) < 4.78 is 57.6. The Morgan fingerprint density at radius 2 is 1.70 bits per heavy atom. The van der Waals surface area contributed by atoms with Gasteiger partial charge in [-0.15, -0.1) is 0 Å². The van der Waals surface area contributed by atoms with E-state index in [0.29, 0.717) is 17.1 Å². The van der Waals surface area contributed by atoms with Gasteiger partial charge in [0.25, 0.3) is 5.91 Å². The molecule has 0 fully saturated rings. The van der Waals surface area contributed by atoms with Crippen LogP contribution in [-0.2, 0) is 16.7 Å². The second-order valence-electron chi connectivity index (χ2n) is 7.83. The van der Waals surface area contributed by atoms with Gasteiger partial charge in [0.2, 0.25) is 0 Å². The summed E-state index contributed by atoms with van der Waals surface area (Å²) in [6, 6.07) is 13.9. The normalized spacial score (nSPS) is 11.5. The molecule has 0 heterocycles. The zero-order valence-corrected chi connectivity index (χ0v) is 19.5. The number of nitrogens with zero attached hydrogens (tertiary/aromatic N) is 1. The molecule has 0 saturated carbocycles. The van der Waals surface area contributed by atoms with Crippen molar-refractivity contribution in [3.63, 3.8) is 0 Å². The molecule has 0 radical (unpaired) electrons. The molecule has 1 amide bonds. The summed E-state index contributed by atoms with van der Waals surface area (Å²) in [5, 5.41) is 0.319. The fourth-order valence-electron chi connectivity index (χ4n) is 3.19. The van der Waals surface area contributed by atoms with E-state index < -0.39 is 27.7 Å². The summed E-state index contributed by atoms with van der Waals surface area (Å²) in [6.07, 6.45) is 0. The molecule has 0 bridgehead atoms. The molecule has 0 aliphatic carbocycles. The van der Waals surface area contributed by atoms with Crippen molar-refractivity contribution in [1.29, 1.82) is 0 Å². The number of benzene rings is 3. The number of carbonyl (C=O) groups is 1. The van der Waals surface area contributed by atoms with Crippen LogP contribution in [0.25, 0.3) is 0 Å². The number of hydrogen-bond acceptors (Lipinski definition) is 4. The Morgan fingerprint density at radius 1 is 1.00 bits per heavy atom. The molecule has 0 atom stereocenters. The first-order valence-electron chi connectivity index (χ1n) is 10.1. The summed E-state index contributed by atoms with van der Waals surface area (Å²) in [6.45, 7) is 4.13. The molecule has 0 spiro atoms. The van der Waals surface area contributed by atoms with Gasteiger partial charge in [-0.25, -0.2) is 8.78 Å². The highest BCUT2D eigenvalue weighted by Gasteiger charge is 2.23. The first-order valence-corrected chi connectivity index (χ1v) is 11.9. The number of hydrogen-bond donors (Lipinski definition) is 0. The lowest BCUT2D eigenvalue weighted by Gasteiger charge is -2.26. The van der Waals surface area contributed by atoms with E-state index in [0.717, 1.165) is 30.3 Å². The maximum Gasteiger partial charge on any atom is 0.339 e. The van der Waals surface area contributed by atoms with Crippen LogP contribution in [0.15, 0.2) is 71.6 Å². The lowest BCUT2D eigenvalue weighted by Crippen LogP contribution is -2.34. The van der Waals surface area contributed by atoms with Crippen molar-refractivity contribution < 1.29 is 26.2 Å². The van der Waals surface area contributed by atoms with Crippen molar-refractivity contribution in [3.05, 3.63) is 94.5 Å². The van der Waals surface area contributed by atoms with Crippen LogP contribution < -0.4 is 4.18 Å². The van der Waals surface area contributed by atoms with E-state index >= 15 is 0 Å². The first kappa shape index (κ1) is 24.7. The van der Waals surface area contributed by atoms with E-state index in [1.807, 2.05) is 13.8 Å². The second-order valence-corrected chi connectivity index (χ2v) is 9.82. The Hall–Kier alpha value is -2.97. The predicted molar refractivity (Wildman–Crippen MR) is 122 cm³/mol. The van der Waals surface area contributed by atoms with Gasteiger partial charge in [-0.1, -0.05) is 31.5 Å². The van der Waals surface area contributed by atoms with Crippen LogP contribution in [0.4, 0.5) is 8.78 Å². The van der Waals surface area contributed by atoms with Gasteiger partial charge in [0.1, 0.15) is 22.3 Å². The molecular weight excluding hydrogens is 472 g/mol. The molecule has 0 N–H and O–H groups in total. The van der Waals surface area contributed by atoms with Crippen LogP contribution in [-0.4, -0.2) is 25.8 Å². The molecular formula is C24H22ClF2NO4S. The minimum Gasteiger partial charge on any atom is -0.379 e. The third kappa shape index (κ3) is 6.52. The monoisotopic (exact) mass is 493 g/mol. The van der Waals surface area contributed by atoms with E-state index in [4.69, 9.17) is 15.8 Å². The second kappa shape index (κ2) is 10.3. The highest BCUT2D eigenvalue weighted by molar-refractivity contribution is 7.87. The van der Waals surface area contributed by atoms with Gasteiger partial charge in [0.05, 0.1) is 0 Å². The smallest absolute Gasteiger partial charge is 0.339 e. The molecule has 174 valence electrons. The average Bonchev–Trinajstić information content (AvgIpc) is 2.74. The first-order chi connectivity index (χ1) is 15.5. The Morgan fingerprint density at radius 3 is 2.33 bits per heavy atom.